The molecule has 1 amide bonds. The summed E-state index contributed by atoms with van der Waals surface area (Å²) in [6.07, 6.45) is 4.01. The maximum atomic E-state index is 12.5. The minimum atomic E-state index is -0.362. The Labute approximate surface area is 159 Å². The molecule has 0 aliphatic carbocycles. The monoisotopic (exact) mass is 367 g/mol. The molecule has 142 valence electrons. The molecule has 0 fully saturated rings. The minimum absolute atomic E-state index is 0.146. The topological polar surface area (TPSA) is 56.8 Å². The quantitative estimate of drug-likeness (QED) is 0.807. The molecule has 0 aromatic heterocycles. The van der Waals surface area contributed by atoms with Gasteiger partial charge in [-0.1, -0.05) is 12.1 Å². The lowest BCUT2D eigenvalue weighted by molar-refractivity contribution is -0.117. The maximum Gasteiger partial charge on any atom is 0.244 e. The van der Waals surface area contributed by atoms with Crippen LogP contribution >= 0.6 is 0 Å². The number of rotatable bonds is 5. The summed E-state index contributed by atoms with van der Waals surface area (Å²) in [6.45, 7) is 4.04. The Hall–Kier alpha value is -2.95. The summed E-state index contributed by atoms with van der Waals surface area (Å²) in [5.41, 5.74) is 1.50. The van der Waals surface area contributed by atoms with E-state index in [-0.39, 0.29) is 17.6 Å². The predicted octanol–water partition coefficient (Wildman–Crippen LogP) is 4.14. The molecular formula is C22H25NO4. The largest absolute Gasteiger partial charge is 0.497 e. The van der Waals surface area contributed by atoms with Gasteiger partial charge in [-0.3, -0.25) is 4.79 Å². The van der Waals surface area contributed by atoms with Gasteiger partial charge in [-0.25, -0.2) is 0 Å². The number of fused-ring (bicyclic) bond motifs is 1. The zero-order valence-corrected chi connectivity index (χ0v) is 16.1. The van der Waals surface area contributed by atoms with Crippen molar-refractivity contribution < 1.29 is 19.0 Å². The smallest absolute Gasteiger partial charge is 0.244 e. The lowest BCUT2D eigenvalue weighted by atomic mass is 9.89. The van der Waals surface area contributed by atoms with Gasteiger partial charge >= 0.3 is 0 Å². The van der Waals surface area contributed by atoms with Gasteiger partial charge in [0.2, 0.25) is 5.91 Å². The number of amides is 1. The number of carbonyl (C=O) groups excluding carboxylic acids is 1. The van der Waals surface area contributed by atoms with E-state index < -0.39 is 0 Å². The first-order valence-electron chi connectivity index (χ1n) is 8.90. The van der Waals surface area contributed by atoms with Crippen molar-refractivity contribution in [3.63, 3.8) is 0 Å². The highest BCUT2D eigenvalue weighted by atomic mass is 16.5. The molecule has 0 saturated heterocycles. The van der Waals surface area contributed by atoms with Crippen molar-refractivity contribution >= 4 is 12.0 Å². The van der Waals surface area contributed by atoms with Crippen LogP contribution in [0.5, 0.6) is 17.2 Å². The molecule has 0 spiro atoms. The Morgan fingerprint density at radius 3 is 2.44 bits per heavy atom. The Morgan fingerprint density at radius 2 is 1.78 bits per heavy atom. The summed E-state index contributed by atoms with van der Waals surface area (Å²) in [5, 5.41) is 3.09. The van der Waals surface area contributed by atoms with Crippen LogP contribution in [-0.2, 0) is 4.79 Å². The second-order valence-electron chi connectivity index (χ2n) is 7.14. The second kappa shape index (κ2) is 7.74. The van der Waals surface area contributed by atoms with E-state index in [1.54, 1.807) is 26.4 Å². The fourth-order valence-corrected chi connectivity index (χ4v) is 3.20. The molecule has 1 heterocycles. The Bertz CT molecular complexity index is 840. The van der Waals surface area contributed by atoms with Crippen molar-refractivity contribution in [1.29, 1.82) is 0 Å². The standard InChI is InChI=1S/C22H25NO4/c1-22(2)14-19(18-13-17(26-4)10-11-20(18)27-22)23-21(24)12-7-15-5-8-16(25-3)9-6-15/h5-13,19H,14H2,1-4H3,(H,23,24)/b12-7+. The van der Waals surface area contributed by atoms with Gasteiger partial charge in [0.15, 0.2) is 0 Å². The third kappa shape index (κ3) is 4.61. The number of hydrogen-bond donors (Lipinski definition) is 1. The number of nitrogens with one attached hydrogen (secondary N) is 1. The highest BCUT2D eigenvalue weighted by molar-refractivity contribution is 5.92. The van der Waals surface area contributed by atoms with Gasteiger partial charge in [-0.2, -0.15) is 0 Å². The van der Waals surface area contributed by atoms with Crippen LogP contribution in [0.25, 0.3) is 6.08 Å². The molecule has 0 radical (unpaired) electrons. The molecule has 5 heteroatoms. The summed E-state index contributed by atoms with van der Waals surface area (Å²) in [4.78, 5) is 12.5. The Balaban J connectivity index is 1.75. The highest BCUT2D eigenvalue weighted by Crippen LogP contribution is 2.41. The molecule has 1 atom stereocenters. The summed E-state index contributed by atoms with van der Waals surface area (Å²) in [7, 11) is 3.25. The molecular weight excluding hydrogens is 342 g/mol. The van der Waals surface area contributed by atoms with Gasteiger partial charge in [0.25, 0.3) is 0 Å². The van der Waals surface area contributed by atoms with Crippen molar-refractivity contribution in [3.8, 4) is 17.2 Å². The first kappa shape index (κ1) is 18.8. The number of carbonyl (C=O) groups is 1. The van der Waals surface area contributed by atoms with Crippen molar-refractivity contribution in [2.45, 2.75) is 31.9 Å². The van der Waals surface area contributed by atoms with Crippen LogP contribution in [0.15, 0.2) is 48.5 Å². The highest BCUT2D eigenvalue weighted by Gasteiger charge is 2.34. The molecule has 5 nitrogen and oxygen atoms in total. The van der Waals surface area contributed by atoms with Crippen molar-refractivity contribution in [3.05, 3.63) is 59.7 Å². The molecule has 3 rings (SSSR count). The third-order valence-corrected chi connectivity index (χ3v) is 4.53. The molecule has 1 aliphatic heterocycles. The fourth-order valence-electron chi connectivity index (χ4n) is 3.20. The van der Waals surface area contributed by atoms with Crippen LogP contribution in [0.1, 0.15) is 37.4 Å². The van der Waals surface area contributed by atoms with Crippen LogP contribution in [0, 0.1) is 0 Å². The molecule has 2 aromatic carbocycles. The average Bonchev–Trinajstić information content (AvgIpc) is 2.65. The van der Waals surface area contributed by atoms with E-state index in [4.69, 9.17) is 14.2 Å². The van der Waals surface area contributed by atoms with Crippen LogP contribution < -0.4 is 19.5 Å². The van der Waals surface area contributed by atoms with E-state index in [1.807, 2.05) is 56.3 Å². The molecule has 2 aromatic rings. The molecule has 0 saturated carbocycles. The van der Waals surface area contributed by atoms with Gasteiger partial charge < -0.3 is 19.5 Å². The zero-order valence-electron chi connectivity index (χ0n) is 16.1. The molecule has 0 bridgehead atoms. The Kier molecular flexibility index (Phi) is 5.40. The molecule has 27 heavy (non-hydrogen) atoms. The molecule has 1 aliphatic rings. The summed E-state index contributed by atoms with van der Waals surface area (Å²) >= 11 is 0. The first-order chi connectivity index (χ1) is 12.9. The second-order valence-corrected chi connectivity index (χ2v) is 7.14. The van der Waals surface area contributed by atoms with E-state index >= 15 is 0 Å². The van der Waals surface area contributed by atoms with Gasteiger partial charge in [0.1, 0.15) is 22.8 Å². The zero-order chi connectivity index (χ0) is 19.4. The van der Waals surface area contributed by atoms with Gasteiger partial charge in [-0.15, -0.1) is 0 Å². The minimum Gasteiger partial charge on any atom is -0.497 e. The molecule has 1 unspecified atom stereocenters. The third-order valence-electron chi connectivity index (χ3n) is 4.53. The fraction of sp³-hybridized carbons (Fsp3) is 0.318. The number of benzene rings is 2. The van der Waals surface area contributed by atoms with Crippen LogP contribution in [-0.4, -0.2) is 25.7 Å². The summed E-state index contributed by atoms with van der Waals surface area (Å²) in [5.74, 6) is 2.15. The van der Waals surface area contributed by atoms with E-state index in [0.717, 1.165) is 28.4 Å². The lowest BCUT2D eigenvalue weighted by Gasteiger charge is -2.37. The predicted molar refractivity (Wildman–Crippen MR) is 105 cm³/mol. The van der Waals surface area contributed by atoms with Gasteiger partial charge in [-0.05, 0) is 55.8 Å². The average molecular weight is 367 g/mol. The SMILES string of the molecule is COc1ccc(/C=C/C(=O)NC2CC(C)(C)Oc3ccc(OC)cc32)cc1. The van der Waals surface area contributed by atoms with Gasteiger partial charge in [0.05, 0.1) is 20.3 Å². The van der Waals surface area contributed by atoms with E-state index in [1.165, 1.54) is 0 Å². The van der Waals surface area contributed by atoms with Crippen molar-refractivity contribution in [2.75, 3.05) is 14.2 Å². The van der Waals surface area contributed by atoms with E-state index in [9.17, 15) is 4.79 Å². The lowest BCUT2D eigenvalue weighted by Crippen LogP contribution is -2.40. The Morgan fingerprint density at radius 1 is 1.11 bits per heavy atom. The van der Waals surface area contributed by atoms with E-state index in [2.05, 4.69) is 5.32 Å². The van der Waals surface area contributed by atoms with Crippen LogP contribution in [0.3, 0.4) is 0 Å². The first-order valence-corrected chi connectivity index (χ1v) is 8.90. The number of methoxy groups -OCH3 is 2. The van der Waals surface area contributed by atoms with E-state index in [0.29, 0.717) is 6.42 Å². The normalized spacial score (nSPS) is 17.7. The summed E-state index contributed by atoms with van der Waals surface area (Å²) < 4.78 is 16.5. The van der Waals surface area contributed by atoms with Crippen molar-refractivity contribution in [2.24, 2.45) is 0 Å². The number of hydrogen-bond acceptors (Lipinski definition) is 4. The van der Waals surface area contributed by atoms with Crippen molar-refractivity contribution in [1.82, 2.24) is 5.32 Å². The summed E-state index contributed by atoms with van der Waals surface area (Å²) in [6, 6.07) is 13.1. The maximum absolute atomic E-state index is 12.5. The van der Waals surface area contributed by atoms with Crippen LogP contribution in [0.4, 0.5) is 0 Å². The van der Waals surface area contributed by atoms with Gasteiger partial charge in [0, 0.05) is 18.1 Å². The molecule has 1 N–H and O–H groups in total. The number of ether oxygens (including phenoxy) is 3. The van der Waals surface area contributed by atoms with Crippen LogP contribution in [0.2, 0.25) is 0 Å².